The number of benzene rings is 1. The Morgan fingerprint density at radius 2 is 2.31 bits per heavy atom. The van der Waals surface area contributed by atoms with Crippen LogP contribution in [0, 0.1) is 0 Å². The standard InChI is InChI=1S/C14H14N2/c1-10(14-8-15-9-16-14)12-6-2-4-11-5-3-7-13(11)12/h2-4,6-10H,5H2,1H3,(H,15,16). The first-order valence-electron chi connectivity index (χ1n) is 5.63. The van der Waals surface area contributed by atoms with Crippen LogP contribution < -0.4 is 0 Å². The first-order valence-corrected chi connectivity index (χ1v) is 5.63. The molecule has 1 aromatic carbocycles. The smallest absolute Gasteiger partial charge is 0.0923 e. The summed E-state index contributed by atoms with van der Waals surface area (Å²) in [6.07, 6.45) is 9.24. The Morgan fingerprint density at radius 3 is 3.12 bits per heavy atom. The Morgan fingerprint density at radius 1 is 1.38 bits per heavy atom. The number of nitrogens with zero attached hydrogens (tertiary/aromatic N) is 1. The Kier molecular flexibility index (Phi) is 2.13. The predicted octanol–water partition coefficient (Wildman–Crippen LogP) is 3.13. The summed E-state index contributed by atoms with van der Waals surface area (Å²) in [6, 6.07) is 6.55. The van der Waals surface area contributed by atoms with Gasteiger partial charge in [-0.1, -0.05) is 37.3 Å². The van der Waals surface area contributed by atoms with Gasteiger partial charge in [0.2, 0.25) is 0 Å². The molecule has 2 nitrogen and oxygen atoms in total. The number of H-pyrrole nitrogens is 1. The first-order chi connectivity index (χ1) is 7.86. The molecule has 1 unspecified atom stereocenters. The number of imidazole rings is 1. The van der Waals surface area contributed by atoms with Gasteiger partial charge >= 0.3 is 0 Å². The van der Waals surface area contributed by atoms with Crippen molar-refractivity contribution in [3.8, 4) is 0 Å². The molecule has 1 aliphatic rings. The molecule has 0 fully saturated rings. The van der Waals surface area contributed by atoms with E-state index in [1.54, 1.807) is 6.33 Å². The molecular weight excluding hydrogens is 196 g/mol. The molecule has 1 aliphatic carbocycles. The van der Waals surface area contributed by atoms with Crippen LogP contribution in [0.3, 0.4) is 0 Å². The van der Waals surface area contributed by atoms with Crippen LogP contribution >= 0.6 is 0 Å². The summed E-state index contributed by atoms with van der Waals surface area (Å²) in [5.74, 6) is 0.351. The zero-order chi connectivity index (χ0) is 11.0. The summed E-state index contributed by atoms with van der Waals surface area (Å²) < 4.78 is 0. The molecule has 80 valence electrons. The average molecular weight is 210 g/mol. The first kappa shape index (κ1) is 9.40. The molecule has 1 aromatic heterocycles. The highest BCUT2D eigenvalue weighted by molar-refractivity contribution is 5.64. The van der Waals surface area contributed by atoms with Gasteiger partial charge in [-0.15, -0.1) is 0 Å². The van der Waals surface area contributed by atoms with Crippen LogP contribution in [-0.4, -0.2) is 9.97 Å². The number of hydrogen-bond acceptors (Lipinski definition) is 1. The van der Waals surface area contributed by atoms with Crippen molar-refractivity contribution in [1.29, 1.82) is 0 Å². The van der Waals surface area contributed by atoms with Crippen LogP contribution in [0.4, 0.5) is 0 Å². The van der Waals surface area contributed by atoms with Crippen molar-refractivity contribution in [2.45, 2.75) is 19.3 Å². The van der Waals surface area contributed by atoms with Gasteiger partial charge in [0.05, 0.1) is 12.0 Å². The Balaban J connectivity index is 2.07. The molecule has 1 N–H and O–H groups in total. The van der Waals surface area contributed by atoms with E-state index in [9.17, 15) is 0 Å². The van der Waals surface area contributed by atoms with Crippen molar-refractivity contribution < 1.29 is 0 Å². The molecule has 1 heterocycles. The number of aromatic amines is 1. The van der Waals surface area contributed by atoms with Crippen LogP contribution in [0.5, 0.6) is 0 Å². The monoisotopic (exact) mass is 210 g/mol. The van der Waals surface area contributed by atoms with Gasteiger partial charge in [-0.25, -0.2) is 4.98 Å². The van der Waals surface area contributed by atoms with Crippen LogP contribution in [0.25, 0.3) is 6.08 Å². The van der Waals surface area contributed by atoms with Crippen LogP contribution in [0.1, 0.15) is 35.2 Å². The number of rotatable bonds is 2. The molecule has 2 heteroatoms. The molecule has 1 atom stereocenters. The van der Waals surface area contributed by atoms with Gasteiger partial charge in [-0.3, -0.25) is 0 Å². The summed E-state index contributed by atoms with van der Waals surface area (Å²) in [5, 5.41) is 0. The van der Waals surface area contributed by atoms with Gasteiger partial charge in [0.15, 0.2) is 0 Å². The zero-order valence-corrected chi connectivity index (χ0v) is 9.27. The van der Waals surface area contributed by atoms with Crippen molar-refractivity contribution in [2.75, 3.05) is 0 Å². The molecule has 2 aromatic rings. The van der Waals surface area contributed by atoms with Crippen molar-refractivity contribution in [1.82, 2.24) is 9.97 Å². The third kappa shape index (κ3) is 1.38. The van der Waals surface area contributed by atoms with Crippen LogP contribution in [-0.2, 0) is 6.42 Å². The second-order valence-electron chi connectivity index (χ2n) is 4.24. The largest absolute Gasteiger partial charge is 0.351 e. The normalized spacial score (nSPS) is 15.1. The highest BCUT2D eigenvalue weighted by atomic mass is 14.9. The SMILES string of the molecule is CC(c1c[nH]cn1)c1cccc2c1C=CC2. The summed E-state index contributed by atoms with van der Waals surface area (Å²) in [7, 11) is 0. The molecule has 0 amide bonds. The van der Waals surface area contributed by atoms with E-state index in [0.717, 1.165) is 12.1 Å². The lowest BCUT2D eigenvalue weighted by atomic mass is 9.92. The van der Waals surface area contributed by atoms with E-state index in [1.807, 2.05) is 6.20 Å². The molecule has 0 aliphatic heterocycles. The second-order valence-corrected chi connectivity index (χ2v) is 4.24. The maximum absolute atomic E-state index is 4.34. The minimum absolute atomic E-state index is 0.351. The van der Waals surface area contributed by atoms with E-state index in [-0.39, 0.29) is 0 Å². The number of nitrogens with one attached hydrogen (secondary N) is 1. The summed E-state index contributed by atoms with van der Waals surface area (Å²) in [5.41, 5.74) is 5.30. The third-order valence-corrected chi connectivity index (χ3v) is 3.28. The molecule has 16 heavy (non-hydrogen) atoms. The van der Waals surface area contributed by atoms with Crippen LogP contribution in [0.15, 0.2) is 36.8 Å². The number of allylic oxidation sites excluding steroid dienone is 1. The van der Waals surface area contributed by atoms with Gasteiger partial charge in [0.25, 0.3) is 0 Å². The Bertz CT molecular complexity index is 524. The lowest BCUT2D eigenvalue weighted by Crippen LogP contribution is -2.00. The Hall–Kier alpha value is -1.83. The summed E-state index contributed by atoms with van der Waals surface area (Å²) >= 11 is 0. The van der Waals surface area contributed by atoms with E-state index in [2.05, 4.69) is 47.2 Å². The topological polar surface area (TPSA) is 28.7 Å². The molecular formula is C14H14N2. The number of hydrogen-bond donors (Lipinski definition) is 1. The summed E-state index contributed by atoms with van der Waals surface area (Å²) in [6.45, 7) is 2.21. The highest BCUT2D eigenvalue weighted by Crippen LogP contribution is 2.31. The third-order valence-electron chi connectivity index (χ3n) is 3.28. The van der Waals surface area contributed by atoms with Crippen molar-refractivity contribution >= 4 is 6.08 Å². The summed E-state index contributed by atoms with van der Waals surface area (Å²) in [4.78, 5) is 7.36. The van der Waals surface area contributed by atoms with E-state index in [1.165, 1.54) is 16.7 Å². The fourth-order valence-corrected chi connectivity index (χ4v) is 2.36. The average Bonchev–Trinajstić information content (AvgIpc) is 2.98. The highest BCUT2D eigenvalue weighted by Gasteiger charge is 2.16. The van der Waals surface area contributed by atoms with Gasteiger partial charge in [-0.2, -0.15) is 0 Å². The maximum Gasteiger partial charge on any atom is 0.0923 e. The van der Waals surface area contributed by atoms with Crippen molar-refractivity contribution in [3.05, 3.63) is 59.2 Å². The van der Waals surface area contributed by atoms with Crippen LogP contribution in [0.2, 0.25) is 0 Å². The van der Waals surface area contributed by atoms with Gasteiger partial charge in [0, 0.05) is 12.1 Å². The van der Waals surface area contributed by atoms with Gasteiger partial charge < -0.3 is 4.98 Å². The molecule has 0 radical (unpaired) electrons. The number of aromatic nitrogens is 2. The van der Waals surface area contributed by atoms with Gasteiger partial charge in [0.1, 0.15) is 0 Å². The number of fused-ring (bicyclic) bond motifs is 1. The fourth-order valence-electron chi connectivity index (χ4n) is 2.36. The second kappa shape index (κ2) is 3.63. The maximum atomic E-state index is 4.34. The predicted molar refractivity (Wildman–Crippen MR) is 65.3 cm³/mol. The minimum atomic E-state index is 0.351. The molecule has 3 rings (SSSR count). The van der Waals surface area contributed by atoms with Gasteiger partial charge in [-0.05, 0) is 23.1 Å². The zero-order valence-electron chi connectivity index (χ0n) is 9.27. The molecule has 0 spiro atoms. The van der Waals surface area contributed by atoms with E-state index in [4.69, 9.17) is 0 Å². The van der Waals surface area contributed by atoms with E-state index < -0.39 is 0 Å². The fraction of sp³-hybridized carbons (Fsp3) is 0.214. The van der Waals surface area contributed by atoms with E-state index >= 15 is 0 Å². The molecule has 0 bridgehead atoms. The quantitative estimate of drug-likeness (QED) is 0.810. The molecule has 0 saturated carbocycles. The minimum Gasteiger partial charge on any atom is -0.351 e. The van der Waals surface area contributed by atoms with E-state index in [0.29, 0.717) is 5.92 Å². The Labute approximate surface area is 95.0 Å². The lowest BCUT2D eigenvalue weighted by Gasteiger charge is -2.13. The van der Waals surface area contributed by atoms with Crippen molar-refractivity contribution in [2.24, 2.45) is 0 Å². The molecule has 0 saturated heterocycles. The van der Waals surface area contributed by atoms with Crippen molar-refractivity contribution in [3.63, 3.8) is 0 Å². The lowest BCUT2D eigenvalue weighted by molar-refractivity contribution is 0.879.